The fourth-order valence-corrected chi connectivity index (χ4v) is 2.37. The third kappa shape index (κ3) is 4.62. The second-order valence-corrected chi connectivity index (χ2v) is 6.05. The number of ether oxygens (including phenoxy) is 1. The summed E-state index contributed by atoms with van der Waals surface area (Å²) in [6.07, 6.45) is 9.93. The molecule has 1 aliphatic carbocycles. The second-order valence-electron chi connectivity index (χ2n) is 5.69. The normalized spacial score (nSPS) is 14.6. The Kier molecular flexibility index (Phi) is 6.08. The van der Waals surface area contributed by atoms with Crippen LogP contribution < -0.4 is 4.74 Å². The fraction of sp³-hybridized carbons (Fsp3) is 0.750. The van der Waals surface area contributed by atoms with E-state index in [2.05, 4.69) is 16.9 Å². The highest BCUT2D eigenvalue weighted by atomic mass is 35.5. The van der Waals surface area contributed by atoms with Gasteiger partial charge in [0.2, 0.25) is 5.88 Å². The zero-order valence-corrected chi connectivity index (χ0v) is 13.4. The molecule has 1 saturated carbocycles. The van der Waals surface area contributed by atoms with E-state index in [1.54, 1.807) is 0 Å². The first kappa shape index (κ1) is 15.6. The van der Waals surface area contributed by atoms with Crippen LogP contribution in [-0.2, 0) is 0 Å². The minimum absolute atomic E-state index is 0.504. The summed E-state index contributed by atoms with van der Waals surface area (Å²) in [4.78, 5) is 8.87. The van der Waals surface area contributed by atoms with Crippen molar-refractivity contribution in [2.45, 2.75) is 71.1 Å². The molecule has 0 N–H and O–H groups in total. The highest BCUT2D eigenvalue weighted by molar-refractivity contribution is 6.30. The van der Waals surface area contributed by atoms with Crippen LogP contribution in [0.1, 0.15) is 75.6 Å². The first-order valence-electron chi connectivity index (χ1n) is 7.89. The molecule has 112 valence electrons. The molecule has 0 unspecified atom stereocenters. The Morgan fingerprint density at radius 1 is 1.10 bits per heavy atom. The van der Waals surface area contributed by atoms with Crippen LogP contribution in [-0.4, -0.2) is 16.6 Å². The summed E-state index contributed by atoms with van der Waals surface area (Å²) in [7, 11) is 0. The molecule has 1 aromatic heterocycles. The van der Waals surface area contributed by atoms with E-state index < -0.39 is 0 Å². The van der Waals surface area contributed by atoms with Crippen molar-refractivity contribution >= 4 is 11.6 Å². The number of halogens is 1. The highest BCUT2D eigenvalue weighted by Gasteiger charge is 2.28. The molecule has 0 spiro atoms. The van der Waals surface area contributed by atoms with Gasteiger partial charge in [0, 0.05) is 11.5 Å². The van der Waals surface area contributed by atoms with Gasteiger partial charge in [0.1, 0.15) is 11.0 Å². The lowest BCUT2D eigenvalue weighted by Gasteiger charge is -2.10. The van der Waals surface area contributed by atoms with Crippen LogP contribution >= 0.6 is 11.6 Å². The lowest BCUT2D eigenvalue weighted by atomic mass is 10.1. The molecule has 2 rings (SSSR count). The van der Waals surface area contributed by atoms with E-state index >= 15 is 0 Å². The molecular weight excluding hydrogens is 272 g/mol. The van der Waals surface area contributed by atoms with E-state index in [9.17, 15) is 0 Å². The first-order valence-corrected chi connectivity index (χ1v) is 8.27. The topological polar surface area (TPSA) is 35.0 Å². The molecule has 20 heavy (non-hydrogen) atoms. The molecular formula is C16H25ClN2O. The molecule has 1 aromatic rings. The van der Waals surface area contributed by atoms with Gasteiger partial charge in [0.25, 0.3) is 0 Å². The van der Waals surface area contributed by atoms with Gasteiger partial charge in [-0.3, -0.25) is 0 Å². The van der Waals surface area contributed by atoms with Gasteiger partial charge < -0.3 is 4.74 Å². The third-order valence-corrected chi connectivity index (χ3v) is 4.11. The van der Waals surface area contributed by atoms with Crippen molar-refractivity contribution in [2.24, 2.45) is 0 Å². The van der Waals surface area contributed by atoms with Gasteiger partial charge in [-0.05, 0) is 26.2 Å². The van der Waals surface area contributed by atoms with Crippen LogP contribution in [0.4, 0.5) is 0 Å². The average Bonchev–Trinajstić information content (AvgIpc) is 3.26. The van der Waals surface area contributed by atoms with Crippen molar-refractivity contribution in [3.05, 3.63) is 16.5 Å². The summed E-state index contributed by atoms with van der Waals surface area (Å²) >= 11 is 6.16. The van der Waals surface area contributed by atoms with Crippen molar-refractivity contribution in [2.75, 3.05) is 6.61 Å². The summed E-state index contributed by atoms with van der Waals surface area (Å²) in [5.41, 5.74) is 0.863. The molecule has 4 heteroatoms. The largest absolute Gasteiger partial charge is 0.477 e. The summed E-state index contributed by atoms with van der Waals surface area (Å²) in [6, 6.07) is 0. The number of rotatable bonds is 9. The third-order valence-electron chi connectivity index (χ3n) is 3.74. The SMILES string of the molecule is CCCCCCCCOc1nc(C2CC2)nc(Cl)c1C. The molecule has 0 aromatic carbocycles. The van der Waals surface area contributed by atoms with Crippen molar-refractivity contribution in [1.29, 1.82) is 0 Å². The highest BCUT2D eigenvalue weighted by Crippen LogP contribution is 2.39. The lowest BCUT2D eigenvalue weighted by Crippen LogP contribution is -2.05. The zero-order chi connectivity index (χ0) is 14.4. The smallest absolute Gasteiger partial charge is 0.221 e. The van der Waals surface area contributed by atoms with Crippen LogP contribution in [0.25, 0.3) is 0 Å². The van der Waals surface area contributed by atoms with Crippen LogP contribution in [0.3, 0.4) is 0 Å². The quantitative estimate of drug-likeness (QED) is 0.472. The monoisotopic (exact) mass is 296 g/mol. The van der Waals surface area contributed by atoms with Gasteiger partial charge >= 0.3 is 0 Å². The fourth-order valence-electron chi connectivity index (χ4n) is 2.20. The summed E-state index contributed by atoms with van der Waals surface area (Å²) in [6.45, 7) is 4.89. The molecule has 0 bridgehead atoms. The summed E-state index contributed by atoms with van der Waals surface area (Å²) < 4.78 is 5.81. The maximum absolute atomic E-state index is 6.16. The van der Waals surface area contributed by atoms with E-state index in [1.807, 2.05) is 6.92 Å². The average molecular weight is 297 g/mol. The van der Waals surface area contributed by atoms with Crippen molar-refractivity contribution < 1.29 is 4.74 Å². The van der Waals surface area contributed by atoms with Gasteiger partial charge in [-0.1, -0.05) is 50.6 Å². The molecule has 1 heterocycles. The standard InChI is InChI=1S/C16H25ClN2O/c1-3-4-5-6-7-8-11-20-16-12(2)14(17)18-15(19-16)13-9-10-13/h13H,3-11H2,1-2H3. The number of nitrogens with zero attached hydrogens (tertiary/aromatic N) is 2. The molecule has 3 nitrogen and oxygen atoms in total. The number of hydrogen-bond donors (Lipinski definition) is 0. The first-order chi connectivity index (χ1) is 9.72. The van der Waals surface area contributed by atoms with Crippen molar-refractivity contribution in [3.8, 4) is 5.88 Å². The van der Waals surface area contributed by atoms with Crippen LogP contribution in [0.15, 0.2) is 0 Å². The van der Waals surface area contributed by atoms with Gasteiger partial charge in [-0.15, -0.1) is 0 Å². The number of unbranched alkanes of at least 4 members (excludes halogenated alkanes) is 5. The van der Waals surface area contributed by atoms with Crippen molar-refractivity contribution in [3.63, 3.8) is 0 Å². The van der Waals surface area contributed by atoms with E-state index in [0.29, 0.717) is 17.0 Å². The molecule has 0 saturated heterocycles. The molecule has 1 fully saturated rings. The predicted octanol–water partition coefficient (Wildman–Crippen LogP) is 5.06. The molecule has 0 amide bonds. The summed E-state index contributed by atoms with van der Waals surface area (Å²) in [5, 5.41) is 0.542. The van der Waals surface area contributed by atoms with Crippen LogP contribution in [0.5, 0.6) is 5.88 Å². The maximum Gasteiger partial charge on any atom is 0.221 e. The Morgan fingerprint density at radius 3 is 2.50 bits per heavy atom. The zero-order valence-electron chi connectivity index (χ0n) is 12.6. The molecule has 0 atom stereocenters. The minimum atomic E-state index is 0.504. The maximum atomic E-state index is 6.16. The van der Waals surface area contributed by atoms with Gasteiger partial charge in [0.05, 0.1) is 6.61 Å². The van der Waals surface area contributed by atoms with Crippen LogP contribution in [0, 0.1) is 6.92 Å². The van der Waals surface area contributed by atoms with Gasteiger partial charge in [-0.2, -0.15) is 4.98 Å². The number of hydrogen-bond acceptors (Lipinski definition) is 3. The summed E-state index contributed by atoms with van der Waals surface area (Å²) in [5.74, 6) is 2.04. The molecule has 1 aliphatic rings. The van der Waals surface area contributed by atoms with Crippen molar-refractivity contribution in [1.82, 2.24) is 9.97 Å². The number of aromatic nitrogens is 2. The van der Waals surface area contributed by atoms with Gasteiger partial charge in [0.15, 0.2) is 0 Å². The molecule has 0 aliphatic heterocycles. The Bertz CT molecular complexity index is 433. The Labute approximate surface area is 127 Å². The Hall–Kier alpha value is -0.830. The van der Waals surface area contributed by atoms with Crippen LogP contribution in [0.2, 0.25) is 5.15 Å². The second kappa shape index (κ2) is 7.82. The minimum Gasteiger partial charge on any atom is -0.477 e. The van der Waals surface area contributed by atoms with Gasteiger partial charge in [-0.25, -0.2) is 4.98 Å². The van der Waals surface area contributed by atoms with E-state index in [-0.39, 0.29) is 0 Å². The van der Waals surface area contributed by atoms with E-state index in [0.717, 1.165) is 24.4 Å². The Morgan fingerprint density at radius 2 is 1.80 bits per heavy atom. The Balaban J connectivity index is 1.77. The molecule has 0 radical (unpaired) electrons. The van der Waals surface area contributed by atoms with E-state index in [1.165, 1.54) is 44.9 Å². The predicted molar refractivity (Wildman–Crippen MR) is 82.6 cm³/mol. The lowest BCUT2D eigenvalue weighted by molar-refractivity contribution is 0.289. The van der Waals surface area contributed by atoms with E-state index in [4.69, 9.17) is 16.3 Å².